The van der Waals surface area contributed by atoms with E-state index in [2.05, 4.69) is 205 Å². The predicted octanol–water partition coefficient (Wildman–Crippen LogP) is 22.4. The van der Waals surface area contributed by atoms with Crippen molar-refractivity contribution in [2.45, 2.75) is 494 Å². The number of methoxy groups -OCH3 is 2. The van der Waals surface area contributed by atoms with Gasteiger partial charge >= 0.3 is 54.6 Å². The summed E-state index contributed by atoms with van der Waals surface area (Å²) in [6.07, 6.45) is 21.8. The van der Waals surface area contributed by atoms with Crippen LogP contribution in [0.1, 0.15) is 430 Å². The van der Waals surface area contributed by atoms with Gasteiger partial charge in [0, 0.05) is 79.8 Å². The van der Waals surface area contributed by atoms with Gasteiger partial charge < -0.3 is 120 Å². The molecule has 0 saturated heterocycles. The molecule has 1 aliphatic rings. The molecule has 1 rings (SSSR count). The Morgan fingerprint density at radius 2 is 0.636 bits per heavy atom. The Labute approximate surface area is 806 Å². The molecule has 3 atom stereocenters. The largest absolute Gasteiger partial charge is 0.463 e. The molecule has 7 amide bonds. The molecule has 132 heavy (non-hydrogen) atoms. The van der Waals surface area contributed by atoms with Crippen LogP contribution in [-0.2, 0) is 66.4 Å². The van der Waals surface area contributed by atoms with Crippen molar-refractivity contribution in [2.75, 3.05) is 86.8 Å². The number of aliphatic hydroxyl groups is 3. The minimum atomic E-state index is -0.708. The van der Waals surface area contributed by atoms with E-state index in [1.807, 2.05) is 96.9 Å². The van der Waals surface area contributed by atoms with Crippen LogP contribution < -0.4 is 42.5 Å². The van der Waals surface area contributed by atoms with E-state index in [9.17, 15) is 48.3 Å². The van der Waals surface area contributed by atoms with Crippen molar-refractivity contribution < 1.29 is 121 Å². The van der Waals surface area contributed by atoms with Crippen molar-refractivity contribution in [3.05, 3.63) is 11.6 Å². The van der Waals surface area contributed by atoms with E-state index in [4.69, 9.17) is 43.4 Å². The van der Waals surface area contributed by atoms with E-state index in [1.54, 1.807) is 13.8 Å². The Balaban J connectivity index is -0.000000107. The summed E-state index contributed by atoms with van der Waals surface area (Å²) in [5.41, 5.74) is -0.614. The van der Waals surface area contributed by atoms with E-state index in [0.717, 1.165) is 159 Å². The molecule has 0 aromatic carbocycles. The molecular formula is C99H212N8O25. The zero-order chi connectivity index (χ0) is 105. The van der Waals surface area contributed by atoms with Crippen LogP contribution in [0, 0.1) is 0 Å². The third-order valence-corrected chi connectivity index (χ3v) is 20.9. The van der Waals surface area contributed by atoms with Crippen LogP contribution in [0.4, 0.5) is 33.6 Å². The van der Waals surface area contributed by atoms with Crippen molar-refractivity contribution in [1.82, 2.24) is 42.5 Å². The first-order valence-corrected chi connectivity index (χ1v) is 49.6. The molecule has 0 bridgehead atoms. The average molecular weight is 1910 g/mol. The monoisotopic (exact) mass is 1910 g/mol. The van der Waals surface area contributed by atoms with Gasteiger partial charge in [0.05, 0.1) is 71.7 Å². The maximum atomic E-state index is 11.4. The lowest BCUT2D eigenvalue weighted by Crippen LogP contribution is -2.47. The average Bonchev–Trinajstić information content (AvgIpc) is 1.73. The van der Waals surface area contributed by atoms with E-state index in [1.165, 1.54) is 47.3 Å². The second-order valence-electron chi connectivity index (χ2n) is 32.2. The molecule has 33 heteroatoms. The lowest BCUT2D eigenvalue weighted by Gasteiger charge is -2.31. The fourth-order valence-corrected chi connectivity index (χ4v) is 9.39. The van der Waals surface area contributed by atoms with Crippen LogP contribution in [-0.4, -0.2) is 226 Å². The van der Waals surface area contributed by atoms with Gasteiger partial charge in [0.2, 0.25) is 5.88 Å². The van der Waals surface area contributed by atoms with Gasteiger partial charge in [-0.3, -0.25) is 9.59 Å². The SMILES string of the molecule is CCC.CCC(C)(CC)NC(=O)OC.CCC(C)(CC)NC(=O)OC(C)C.CCC(CC)(CC)NC(=O)OC.CCC(CC)(CC)NC(=O)OC(C)C.CCC(O)COC(C)=O.CCCC.CCCCCOCC(O)COC(C)=O.CCCNC(=O)OCC.CCCNC1=C(CC)O1.CCOC(=O)NC(C)(CC)CC.CCOC(=O)NC(CC)(CC)CC.CCOCC(O)CC.O. The minimum Gasteiger partial charge on any atom is -0.463 e. The first-order chi connectivity index (χ1) is 61.5. The fraction of sp³-hybridized carbons (Fsp3) is 0.889. The zero-order valence-electron chi connectivity index (χ0n) is 92.0. The standard InChI is InChI=1S/C11H23NO2.2C10H21NO2.C10H20O4.2C9H19NO2.C8H17NO2.C7H13NO.C6H13NO2.C6H12O3.C6H14O2.C4H10.C3H8.H2O/c1-6-11(7-2,8-3)12-10(13)14-9(4)5;1-6-10(5,7-2)11-9(12)13-8(3)4;1-5-10(6-2,7-3)11-9(12)13-8-4;1-3-4-5-6-13-7-10(12)8-14-9(2)11;1-5-9(6-2,7-3)10-8(11)12-4;1-5-9(4,6-2)10-8(11)12-7-3;1-5-8(3,6-2)9-7(10)11-4;1-3-5-8-7-6(4-2)9-7;1-3-5-7-6(8)9-4-2;1-3-6(8)4-9-5(2)7;1-3-6(7)5-8-4-2;1-3-4-2;1-3-2;/h9H,6-8H2,1-5H3,(H,12,13);8H,6-7H2,1-5H3,(H,11,12);5-8H2,1-4H3,(H,11,12);10,12H,3-8H2,1-2H3;2*5-7H2,1-4H3,(H,10,11);5-6H2,1-4H3,(H,9,10);8H,3-5H2,1-2H3;3-5H2,1-2H3,(H,7,8);6,8H,3-4H2,1-2H3;6-7H,3-5H2,1-2H3;3-4H2,1-2H3;3H2,1-2H3;1H2. The molecule has 13 N–H and O–H groups in total. The van der Waals surface area contributed by atoms with Crippen LogP contribution in [0.5, 0.6) is 0 Å². The molecule has 0 aromatic heterocycles. The number of amides is 7. The highest BCUT2D eigenvalue weighted by molar-refractivity contribution is 5.71. The molecule has 0 aliphatic carbocycles. The molecule has 0 radical (unpaired) electrons. The van der Waals surface area contributed by atoms with Gasteiger partial charge in [0.15, 0.2) is 5.76 Å². The summed E-state index contributed by atoms with van der Waals surface area (Å²) in [5.74, 6) is 1.42. The topological polar surface area (TPSA) is 456 Å². The highest BCUT2D eigenvalue weighted by Crippen LogP contribution is 2.26. The number of rotatable bonds is 48. The molecule has 1 heterocycles. The number of unbranched alkanes of at least 4 members (excludes halogenated alkanes) is 3. The van der Waals surface area contributed by atoms with Crippen LogP contribution >= 0.6 is 0 Å². The number of ether oxygens (including phenoxy) is 12. The molecule has 0 fully saturated rings. The second-order valence-corrected chi connectivity index (χ2v) is 32.2. The molecule has 798 valence electrons. The number of nitrogens with one attached hydrogen (secondary N) is 8. The Morgan fingerprint density at radius 1 is 0.341 bits per heavy atom. The first-order valence-electron chi connectivity index (χ1n) is 49.6. The third kappa shape index (κ3) is 107. The Kier molecular flexibility index (Phi) is 121. The predicted molar refractivity (Wildman–Crippen MR) is 540 cm³/mol. The Bertz CT molecular complexity index is 2600. The van der Waals surface area contributed by atoms with Crippen molar-refractivity contribution in [2.24, 2.45) is 0 Å². The zero-order valence-corrected chi connectivity index (χ0v) is 92.0. The van der Waals surface area contributed by atoms with Gasteiger partial charge in [0.25, 0.3) is 0 Å². The Hall–Kier alpha value is -7.07. The molecule has 33 nitrogen and oxygen atoms in total. The van der Waals surface area contributed by atoms with Gasteiger partial charge in [-0.25, -0.2) is 33.6 Å². The van der Waals surface area contributed by atoms with Crippen molar-refractivity contribution in [1.29, 1.82) is 0 Å². The van der Waals surface area contributed by atoms with E-state index >= 15 is 0 Å². The summed E-state index contributed by atoms with van der Waals surface area (Å²) in [6, 6.07) is 0. The molecule has 3 unspecified atom stereocenters. The number of carbonyl (C=O) groups excluding carboxylic acids is 9. The smallest absolute Gasteiger partial charge is 0.407 e. The van der Waals surface area contributed by atoms with Gasteiger partial charge in [-0.05, 0) is 205 Å². The van der Waals surface area contributed by atoms with Gasteiger partial charge in [-0.15, -0.1) is 0 Å². The van der Waals surface area contributed by atoms with E-state index in [-0.39, 0.29) is 131 Å². The molecule has 0 aromatic rings. The maximum absolute atomic E-state index is 11.4. The normalized spacial score (nSPS) is 11.4. The molecule has 1 aliphatic heterocycles. The number of hydrogen-bond donors (Lipinski definition) is 11. The second kappa shape index (κ2) is 104. The summed E-state index contributed by atoms with van der Waals surface area (Å²) in [5, 5.41) is 49.9. The summed E-state index contributed by atoms with van der Waals surface area (Å²) < 4.78 is 57.7. The summed E-state index contributed by atoms with van der Waals surface area (Å²) in [7, 11) is 2.77. The lowest BCUT2D eigenvalue weighted by atomic mass is 9.90. The quantitative estimate of drug-likeness (QED) is 0.0153. The highest BCUT2D eigenvalue weighted by Gasteiger charge is 2.30. The fourth-order valence-electron chi connectivity index (χ4n) is 9.39. The van der Waals surface area contributed by atoms with E-state index in [0.29, 0.717) is 52.6 Å². The van der Waals surface area contributed by atoms with Crippen LogP contribution in [0.3, 0.4) is 0 Å². The maximum Gasteiger partial charge on any atom is 0.407 e. The number of hydrogen-bond acceptors (Lipinski definition) is 25. The molecule has 0 spiro atoms. The number of esters is 2. The third-order valence-electron chi connectivity index (χ3n) is 20.9. The number of alkyl carbamates (subject to hydrolysis) is 7. The number of carbonyl (C=O) groups is 9. The van der Waals surface area contributed by atoms with Gasteiger partial charge in [-0.1, -0.05) is 205 Å². The van der Waals surface area contributed by atoms with Crippen LogP contribution in [0.25, 0.3) is 0 Å². The van der Waals surface area contributed by atoms with Gasteiger partial charge in [0.1, 0.15) is 19.3 Å². The van der Waals surface area contributed by atoms with Crippen molar-refractivity contribution in [3.63, 3.8) is 0 Å². The summed E-state index contributed by atoms with van der Waals surface area (Å²) in [4.78, 5) is 97.7. The van der Waals surface area contributed by atoms with Crippen molar-refractivity contribution >= 4 is 54.6 Å². The Morgan fingerprint density at radius 3 is 0.917 bits per heavy atom. The molecule has 0 saturated carbocycles. The highest BCUT2D eigenvalue weighted by atomic mass is 16.6. The van der Waals surface area contributed by atoms with Crippen LogP contribution in [0.15, 0.2) is 11.6 Å². The number of aliphatic hydroxyl groups excluding tert-OH is 3. The van der Waals surface area contributed by atoms with Gasteiger partial charge in [-0.2, -0.15) is 0 Å². The molecular weight excluding hydrogens is 1700 g/mol. The summed E-state index contributed by atoms with van der Waals surface area (Å²) in [6.45, 7) is 80.3. The minimum absolute atomic E-state index is 0. The van der Waals surface area contributed by atoms with Crippen LogP contribution in [0.2, 0.25) is 0 Å². The number of allylic oxidation sites excluding steroid dienone is 1. The summed E-state index contributed by atoms with van der Waals surface area (Å²) >= 11 is 0. The first kappa shape index (κ1) is 153. The lowest BCUT2D eigenvalue weighted by molar-refractivity contribution is -0.145. The van der Waals surface area contributed by atoms with E-state index < -0.39 is 12.2 Å². The van der Waals surface area contributed by atoms with Crippen molar-refractivity contribution in [3.8, 4) is 0 Å².